The third kappa shape index (κ3) is 2.25. The van der Waals surface area contributed by atoms with E-state index in [0.717, 1.165) is 17.2 Å². The number of anilines is 1. The summed E-state index contributed by atoms with van der Waals surface area (Å²) in [7, 11) is 0. The number of rotatable bonds is 2. The SMILES string of the molecule is Cc1ccc(-n2nc(C3CCCC3)cc2N)cc1C. The van der Waals surface area contributed by atoms with Gasteiger partial charge in [0.25, 0.3) is 0 Å². The molecule has 2 aromatic rings. The molecule has 1 fully saturated rings. The summed E-state index contributed by atoms with van der Waals surface area (Å²) in [6.07, 6.45) is 5.15. The highest BCUT2D eigenvalue weighted by Crippen LogP contribution is 2.34. The maximum atomic E-state index is 6.13. The lowest BCUT2D eigenvalue weighted by Gasteiger charge is -2.07. The molecule has 1 aliphatic carbocycles. The monoisotopic (exact) mass is 255 g/mol. The maximum Gasteiger partial charge on any atom is 0.127 e. The highest BCUT2D eigenvalue weighted by atomic mass is 15.3. The minimum Gasteiger partial charge on any atom is -0.384 e. The summed E-state index contributed by atoms with van der Waals surface area (Å²) >= 11 is 0. The van der Waals surface area contributed by atoms with Crippen LogP contribution >= 0.6 is 0 Å². The van der Waals surface area contributed by atoms with Crippen LogP contribution in [0.15, 0.2) is 24.3 Å². The number of nitrogens with zero attached hydrogens (tertiary/aromatic N) is 2. The molecule has 3 nitrogen and oxygen atoms in total. The molecule has 19 heavy (non-hydrogen) atoms. The van der Waals surface area contributed by atoms with Crippen LogP contribution in [0.4, 0.5) is 5.82 Å². The Morgan fingerprint density at radius 2 is 1.84 bits per heavy atom. The first-order chi connectivity index (χ1) is 9.15. The van der Waals surface area contributed by atoms with Gasteiger partial charge < -0.3 is 5.73 Å². The molecule has 3 rings (SSSR count). The fraction of sp³-hybridized carbons (Fsp3) is 0.438. The number of hydrogen-bond donors (Lipinski definition) is 1. The average molecular weight is 255 g/mol. The molecule has 0 unspecified atom stereocenters. The summed E-state index contributed by atoms with van der Waals surface area (Å²) in [5, 5.41) is 4.72. The zero-order valence-corrected chi connectivity index (χ0v) is 11.7. The van der Waals surface area contributed by atoms with E-state index in [-0.39, 0.29) is 0 Å². The molecule has 0 radical (unpaired) electrons. The van der Waals surface area contributed by atoms with Gasteiger partial charge in [-0.15, -0.1) is 0 Å². The van der Waals surface area contributed by atoms with Crippen molar-refractivity contribution in [1.82, 2.24) is 9.78 Å². The van der Waals surface area contributed by atoms with Gasteiger partial charge in [0.15, 0.2) is 0 Å². The summed E-state index contributed by atoms with van der Waals surface area (Å²) in [4.78, 5) is 0. The maximum absolute atomic E-state index is 6.13. The normalized spacial score (nSPS) is 16.1. The first kappa shape index (κ1) is 12.3. The summed E-state index contributed by atoms with van der Waals surface area (Å²) in [5.41, 5.74) is 10.9. The summed E-state index contributed by atoms with van der Waals surface area (Å²) in [6.45, 7) is 4.24. The molecule has 0 amide bonds. The largest absolute Gasteiger partial charge is 0.384 e. The molecule has 1 aliphatic rings. The molecule has 0 bridgehead atoms. The highest BCUT2D eigenvalue weighted by molar-refractivity contribution is 5.46. The van der Waals surface area contributed by atoms with Gasteiger partial charge in [-0.2, -0.15) is 5.10 Å². The van der Waals surface area contributed by atoms with Gasteiger partial charge in [-0.3, -0.25) is 0 Å². The van der Waals surface area contributed by atoms with Gasteiger partial charge in [0.05, 0.1) is 11.4 Å². The molecule has 0 saturated heterocycles. The lowest BCUT2D eigenvalue weighted by Crippen LogP contribution is -2.03. The standard InChI is InChI=1S/C16H21N3/c1-11-7-8-14(9-12(11)2)19-16(17)10-15(18-19)13-5-3-4-6-13/h7-10,13H,3-6,17H2,1-2H3. The molecular weight excluding hydrogens is 234 g/mol. The number of benzene rings is 1. The number of aryl methyl sites for hydroxylation is 2. The van der Waals surface area contributed by atoms with Gasteiger partial charge in [0.1, 0.15) is 5.82 Å². The number of nitrogen functional groups attached to an aromatic ring is 1. The first-order valence-corrected chi connectivity index (χ1v) is 7.08. The van der Waals surface area contributed by atoms with Gasteiger partial charge in [-0.1, -0.05) is 18.9 Å². The van der Waals surface area contributed by atoms with E-state index in [2.05, 4.69) is 32.0 Å². The van der Waals surface area contributed by atoms with Crippen LogP contribution in [0.3, 0.4) is 0 Å². The predicted octanol–water partition coefficient (Wildman–Crippen LogP) is 3.73. The van der Waals surface area contributed by atoms with E-state index in [4.69, 9.17) is 10.8 Å². The van der Waals surface area contributed by atoms with E-state index >= 15 is 0 Å². The Bertz CT molecular complexity index is 592. The molecule has 1 aromatic carbocycles. The van der Waals surface area contributed by atoms with Crippen molar-refractivity contribution < 1.29 is 0 Å². The minimum atomic E-state index is 0.607. The van der Waals surface area contributed by atoms with Crippen LogP contribution in [0.1, 0.15) is 48.4 Å². The van der Waals surface area contributed by atoms with Gasteiger partial charge in [-0.05, 0) is 49.9 Å². The average Bonchev–Trinajstić information content (AvgIpc) is 3.01. The second-order valence-electron chi connectivity index (χ2n) is 5.66. The lowest BCUT2D eigenvalue weighted by atomic mass is 10.1. The Kier molecular flexibility index (Phi) is 3.05. The second-order valence-corrected chi connectivity index (χ2v) is 5.66. The number of hydrogen-bond acceptors (Lipinski definition) is 2. The third-order valence-electron chi connectivity index (χ3n) is 4.26. The van der Waals surface area contributed by atoms with E-state index < -0.39 is 0 Å². The molecule has 1 heterocycles. The Morgan fingerprint density at radius 1 is 1.11 bits per heavy atom. The predicted molar refractivity (Wildman–Crippen MR) is 78.7 cm³/mol. The van der Waals surface area contributed by atoms with Crippen molar-refractivity contribution in [3.8, 4) is 5.69 Å². The fourth-order valence-corrected chi connectivity index (χ4v) is 2.90. The van der Waals surface area contributed by atoms with Crippen LogP contribution in [0.5, 0.6) is 0 Å². The molecule has 0 atom stereocenters. The van der Waals surface area contributed by atoms with Crippen LogP contribution in [0.25, 0.3) is 5.69 Å². The van der Waals surface area contributed by atoms with Crippen LogP contribution < -0.4 is 5.73 Å². The molecular formula is C16H21N3. The molecule has 0 aliphatic heterocycles. The Labute approximate surface area is 114 Å². The smallest absolute Gasteiger partial charge is 0.127 e. The first-order valence-electron chi connectivity index (χ1n) is 7.08. The molecule has 100 valence electrons. The zero-order valence-electron chi connectivity index (χ0n) is 11.7. The highest BCUT2D eigenvalue weighted by Gasteiger charge is 2.21. The number of nitrogens with two attached hydrogens (primary N) is 1. The third-order valence-corrected chi connectivity index (χ3v) is 4.26. The van der Waals surface area contributed by atoms with Crippen molar-refractivity contribution in [1.29, 1.82) is 0 Å². The molecule has 3 heteroatoms. The van der Waals surface area contributed by atoms with Crippen LogP contribution in [0.2, 0.25) is 0 Å². The Balaban J connectivity index is 1.97. The van der Waals surface area contributed by atoms with Crippen LogP contribution in [-0.4, -0.2) is 9.78 Å². The summed E-state index contributed by atoms with van der Waals surface area (Å²) in [6, 6.07) is 8.41. The minimum absolute atomic E-state index is 0.607. The van der Waals surface area contributed by atoms with Crippen LogP contribution in [0, 0.1) is 13.8 Å². The Hall–Kier alpha value is -1.77. The molecule has 1 aromatic heterocycles. The molecule has 0 spiro atoms. The summed E-state index contributed by atoms with van der Waals surface area (Å²) < 4.78 is 1.88. The van der Waals surface area contributed by atoms with Crippen molar-refractivity contribution in [2.75, 3.05) is 5.73 Å². The van der Waals surface area contributed by atoms with Crippen molar-refractivity contribution in [2.24, 2.45) is 0 Å². The molecule has 1 saturated carbocycles. The van der Waals surface area contributed by atoms with E-state index in [9.17, 15) is 0 Å². The second kappa shape index (κ2) is 4.72. The lowest BCUT2D eigenvalue weighted by molar-refractivity contribution is 0.679. The van der Waals surface area contributed by atoms with E-state index in [0.29, 0.717) is 5.92 Å². The topological polar surface area (TPSA) is 43.8 Å². The van der Waals surface area contributed by atoms with Gasteiger partial charge in [-0.25, -0.2) is 4.68 Å². The summed E-state index contributed by atoms with van der Waals surface area (Å²) in [5.74, 6) is 1.35. The van der Waals surface area contributed by atoms with Gasteiger partial charge in [0, 0.05) is 12.0 Å². The van der Waals surface area contributed by atoms with E-state index in [1.54, 1.807) is 0 Å². The Morgan fingerprint density at radius 3 is 2.53 bits per heavy atom. The van der Waals surface area contributed by atoms with Crippen molar-refractivity contribution in [3.63, 3.8) is 0 Å². The quantitative estimate of drug-likeness (QED) is 0.888. The van der Waals surface area contributed by atoms with E-state index in [1.807, 2.05) is 10.7 Å². The fourth-order valence-electron chi connectivity index (χ4n) is 2.90. The van der Waals surface area contributed by atoms with Crippen LogP contribution in [-0.2, 0) is 0 Å². The molecule has 2 N–H and O–H groups in total. The van der Waals surface area contributed by atoms with Gasteiger partial charge in [0.2, 0.25) is 0 Å². The van der Waals surface area contributed by atoms with Gasteiger partial charge >= 0.3 is 0 Å². The van der Waals surface area contributed by atoms with E-state index in [1.165, 1.54) is 36.8 Å². The number of aromatic nitrogens is 2. The van der Waals surface area contributed by atoms with Crippen molar-refractivity contribution >= 4 is 5.82 Å². The zero-order chi connectivity index (χ0) is 13.4. The van der Waals surface area contributed by atoms with Crippen molar-refractivity contribution in [2.45, 2.75) is 45.4 Å². The van der Waals surface area contributed by atoms with Crippen molar-refractivity contribution in [3.05, 3.63) is 41.1 Å².